The van der Waals surface area contributed by atoms with Gasteiger partial charge in [-0.2, -0.15) is 0 Å². The van der Waals surface area contributed by atoms with Gasteiger partial charge in [0.05, 0.1) is 25.7 Å². The van der Waals surface area contributed by atoms with E-state index in [9.17, 15) is 9.59 Å². The van der Waals surface area contributed by atoms with E-state index >= 15 is 0 Å². The molecule has 0 aliphatic carbocycles. The van der Waals surface area contributed by atoms with Crippen molar-refractivity contribution in [2.45, 2.75) is 39.2 Å². The first-order valence-corrected chi connectivity index (χ1v) is 7.30. The molecular weight excluding hydrogens is 260 g/mol. The van der Waals surface area contributed by atoms with Gasteiger partial charge in [0.2, 0.25) is 5.91 Å². The molecule has 6 nitrogen and oxygen atoms in total. The van der Waals surface area contributed by atoms with Gasteiger partial charge in [0.15, 0.2) is 0 Å². The first-order chi connectivity index (χ1) is 9.47. The molecule has 0 aromatic carbocycles. The van der Waals surface area contributed by atoms with Crippen molar-refractivity contribution in [1.29, 1.82) is 0 Å². The molecule has 0 spiro atoms. The van der Waals surface area contributed by atoms with E-state index in [0.717, 1.165) is 25.9 Å². The molecule has 1 saturated heterocycles. The lowest BCUT2D eigenvalue weighted by molar-refractivity contribution is -0.139. The number of carbonyl (C=O) groups excluding carboxylic acids is 1. The largest absolute Gasteiger partial charge is 0.481 e. The Morgan fingerprint density at radius 3 is 2.55 bits per heavy atom. The van der Waals surface area contributed by atoms with Crippen molar-refractivity contribution >= 4 is 11.9 Å². The highest BCUT2D eigenvalue weighted by molar-refractivity contribution is 5.78. The second kappa shape index (κ2) is 8.92. The molecular formula is C14H26N2O4. The third-order valence-electron chi connectivity index (χ3n) is 3.28. The summed E-state index contributed by atoms with van der Waals surface area (Å²) in [6.45, 7) is 7.22. The topological polar surface area (TPSA) is 78.9 Å². The molecule has 0 aromatic rings. The molecule has 6 heteroatoms. The van der Waals surface area contributed by atoms with Crippen molar-refractivity contribution in [3.8, 4) is 0 Å². The Morgan fingerprint density at radius 2 is 2.00 bits per heavy atom. The summed E-state index contributed by atoms with van der Waals surface area (Å²) in [5.41, 5.74) is 0. The van der Waals surface area contributed by atoms with E-state index in [-0.39, 0.29) is 25.0 Å². The van der Waals surface area contributed by atoms with Crippen LogP contribution in [0.2, 0.25) is 0 Å². The average Bonchev–Trinajstić information content (AvgIpc) is 2.38. The first kappa shape index (κ1) is 16.9. The molecule has 1 rings (SSSR count). The zero-order chi connectivity index (χ0) is 15.0. The van der Waals surface area contributed by atoms with Gasteiger partial charge in [-0.15, -0.1) is 0 Å². The Bertz CT molecular complexity index is 312. The summed E-state index contributed by atoms with van der Waals surface area (Å²) in [6.07, 6.45) is 1.90. The zero-order valence-corrected chi connectivity index (χ0v) is 12.4. The normalized spacial score (nSPS) is 17.4. The second-order valence-corrected chi connectivity index (χ2v) is 5.69. The maximum atomic E-state index is 11.7. The average molecular weight is 286 g/mol. The highest BCUT2D eigenvalue weighted by atomic mass is 16.5. The SMILES string of the molecule is CC(C)CNC(=O)CN1CCC(OCCC(=O)O)CC1. The number of hydrogen-bond acceptors (Lipinski definition) is 4. The maximum absolute atomic E-state index is 11.7. The maximum Gasteiger partial charge on any atom is 0.305 e. The van der Waals surface area contributed by atoms with E-state index in [0.29, 0.717) is 19.0 Å². The van der Waals surface area contributed by atoms with E-state index in [1.165, 1.54) is 0 Å². The van der Waals surface area contributed by atoms with Crippen LogP contribution < -0.4 is 5.32 Å². The van der Waals surface area contributed by atoms with Crippen LogP contribution in [0.4, 0.5) is 0 Å². The number of ether oxygens (including phenoxy) is 1. The van der Waals surface area contributed by atoms with Crippen molar-refractivity contribution < 1.29 is 19.4 Å². The van der Waals surface area contributed by atoms with Gasteiger partial charge in [-0.1, -0.05) is 13.8 Å². The van der Waals surface area contributed by atoms with Crippen LogP contribution in [-0.2, 0) is 14.3 Å². The molecule has 1 aliphatic rings. The molecule has 20 heavy (non-hydrogen) atoms. The van der Waals surface area contributed by atoms with Crippen LogP contribution in [0.15, 0.2) is 0 Å². The Hall–Kier alpha value is -1.14. The van der Waals surface area contributed by atoms with E-state index in [2.05, 4.69) is 24.1 Å². The predicted octanol–water partition coefficient (Wildman–Crippen LogP) is 0.714. The third kappa shape index (κ3) is 7.45. The van der Waals surface area contributed by atoms with Crippen LogP contribution in [0.1, 0.15) is 33.1 Å². The van der Waals surface area contributed by atoms with Crippen LogP contribution in [0.25, 0.3) is 0 Å². The lowest BCUT2D eigenvalue weighted by Gasteiger charge is -2.31. The summed E-state index contributed by atoms with van der Waals surface area (Å²) in [7, 11) is 0. The van der Waals surface area contributed by atoms with E-state index in [1.54, 1.807) is 0 Å². The fourth-order valence-electron chi connectivity index (χ4n) is 2.12. The van der Waals surface area contributed by atoms with Gasteiger partial charge < -0.3 is 15.2 Å². The number of amides is 1. The smallest absolute Gasteiger partial charge is 0.305 e. The van der Waals surface area contributed by atoms with Gasteiger partial charge in [0, 0.05) is 19.6 Å². The molecule has 1 heterocycles. The highest BCUT2D eigenvalue weighted by Crippen LogP contribution is 2.13. The van der Waals surface area contributed by atoms with Crippen LogP contribution in [-0.4, -0.2) is 60.8 Å². The Labute approximate surface area is 120 Å². The van der Waals surface area contributed by atoms with E-state index in [4.69, 9.17) is 9.84 Å². The van der Waals surface area contributed by atoms with Crippen LogP contribution in [0.5, 0.6) is 0 Å². The Morgan fingerprint density at radius 1 is 1.35 bits per heavy atom. The van der Waals surface area contributed by atoms with Gasteiger partial charge in [-0.05, 0) is 18.8 Å². The Kier molecular flexibility index (Phi) is 7.54. The fourth-order valence-corrected chi connectivity index (χ4v) is 2.12. The number of carboxylic acids is 1. The lowest BCUT2D eigenvalue weighted by atomic mass is 10.1. The number of nitrogens with zero attached hydrogens (tertiary/aromatic N) is 1. The van der Waals surface area contributed by atoms with Crippen molar-refractivity contribution in [2.24, 2.45) is 5.92 Å². The molecule has 0 saturated carbocycles. The minimum absolute atomic E-state index is 0.0534. The molecule has 0 unspecified atom stereocenters. The van der Waals surface area contributed by atoms with Crippen molar-refractivity contribution in [2.75, 3.05) is 32.8 Å². The van der Waals surface area contributed by atoms with Crippen molar-refractivity contribution in [3.63, 3.8) is 0 Å². The van der Waals surface area contributed by atoms with E-state index in [1.807, 2.05) is 0 Å². The summed E-state index contributed by atoms with van der Waals surface area (Å²) in [4.78, 5) is 24.2. The van der Waals surface area contributed by atoms with Gasteiger partial charge in [0.25, 0.3) is 0 Å². The quantitative estimate of drug-likeness (QED) is 0.687. The molecule has 0 radical (unpaired) electrons. The third-order valence-corrected chi connectivity index (χ3v) is 3.28. The number of carboxylic acid groups (broad SMARTS) is 1. The summed E-state index contributed by atoms with van der Waals surface area (Å²) in [5, 5.41) is 11.5. The summed E-state index contributed by atoms with van der Waals surface area (Å²) in [5.74, 6) is -0.291. The molecule has 1 aliphatic heterocycles. The molecule has 116 valence electrons. The Balaban J connectivity index is 2.12. The molecule has 2 N–H and O–H groups in total. The van der Waals surface area contributed by atoms with Gasteiger partial charge in [0.1, 0.15) is 0 Å². The molecule has 0 bridgehead atoms. The number of nitrogens with one attached hydrogen (secondary N) is 1. The lowest BCUT2D eigenvalue weighted by Crippen LogP contribution is -2.43. The minimum atomic E-state index is -0.829. The van der Waals surface area contributed by atoms with Crippen LogP contribution in [0, 0.1) is 5.92 Å². The van der Waals surface area contributed by atoms with Crippen molar-refractivity contribution in [1.82, 2.24) is 10.2 Å². The van der Waals surface area contributed by atoms with E-state index < -0.39 is 5.97 Å². The number of aliphatic carboxylic acids is 1. The fraction of sp³-hybridized carbons (Fsp3) is 0.857. The number of hydrogen-bond donors (Lipinski definition) is 2. The molecule has 1 fully saturated rings. The van der Waals surface area contributed by atoms with Gasteiger partial charge in [-0.3, -0.25) is 14.5 Å². The molecule has 0 aromatic heterocycles. The number of rotatable bonds is 8. The minimum Gasteiger partial charge on any atom is -0.481 e. The van der Waals surface area contributed by atoms with Crippen LogP contribution >= 0.6 is 0 Å². The van der Waals surface area contributed by atoms with Gasteiger partial charge >= 0.3 is 5.97 Å². The summed E-state index contributed by atoms with van der Waals surface area (Å²) < 4.78 is 5.52. The number of carbonyl (C=O) groups is 2. The summed E-state index contributed by atoms with van der Waals surface area (Å²) >= 11 is 0. The predicted molar refractivity (Wildman–Crippen MR) is 75.5 cm³/mol. The zero-order valence-electron chi connectivity index (χ0n) is 12.4. The number of piperidine rings is 1. The molecule has 0 atom stereocenters. The van der Waals surface area contributed by atoms with Crippen molar-refractivity contribution in [3.05, 3.63) is 0 Å². The number of likely N-dealkylation sites (tertiary alicyclic amines) is 1. The van der Waals surface area contributed by atoms with Gasteiger partial charge in [-0.25, -0.2) is 0 Å². The standard InChI is InChI=1S/C14H26N2O4/c1-11(2)9-15-13(17)10-16-6-3-12(4-7-16)20-8-5-14(18)19/h11-12H,3-10H2,1-2H3,(H,15,17)(H,18,19). The molecule has 1 amide bonds. The second-order valence-electron chi connectivity index (χ2n) is 5.69. The first-order valence-electron chi connectivity index (χ1n) is 7.30. The summed E-state index contributed by atoms with van der Waals surface area (Å²) in [6, 6.07) is 0. The monoisotopic (exact) mass is 286 g/mol. The van der Waals surface area contributed by atoms with Crippen LogP contribution in [0.3, 0.4) is 0 Å². The highest BCUT2D eigenvalue weighted by Gasteiger charge is 2.21.